The van der Waals surface area contributed by atoms with Crippen LogP contribution in [0.4, 0.5) is 0 Å². The van der Waals surface area contributed by atoms with Gasteiger partial charge < -0.3 is 0 Å². The fourth-order valence-corrected chi connectivity index (χ4v) is 2.80. The Morgan fingerprint density at radius 1 is 1.31 bits per heavy atom. The monoisotopic (exact) mass is 322 g/mol. The highest BCUT2D eigenvalue weighted by molar-refractivity contribution is 9.09. The van der Waals surface area contributed by atoms with E-state index in [2.05, 4.69) is 29.8 Å². The van der Waals surface area contributed by atoms with Crippen LogP contribution in [0.1, 0.15) is 32.3 Å². The van der Waals surface area contributed by atoms with Gasteiger partial charge in [0.1, 0.15) is 0 Å². The molecule has 1 aromatic carbocycles. The molecule has 0 fully saturated rings. The van der Waals surface area contributed by atoms with Gasteiger partial charge in [0.2, 0.25) is 0 Å². The number of alkyl halides is 1. The Bertz CT molecular complexity index is 352. The highest BCUT2D eigenvalue weighted by Gasteiger charge is 2.23. The number of halogens is 3. The first-order valence-corrected chi connectivity index (χ1v) is 7.38. The molecule has 0 aliphatic rings. The predicted octanol–water partition coefficient (Wildman–Crippen LogP) is 5.74. The van der Waals surface area contributed by atoms with Crippen LogP contribution in [0.5, 0.6) is 0 Å². The third-order valence-electron chi connectivity index (χ3n) is 2.80. The van der Waals surface area contributed by atoms with Crippen molar-refractivity contribution in [1.82, 2.24) is 0 Å². The first kappa shape index (κ1) is 14.3. The van der Waals surface area contributed by atoms with E-state index in [0.29, 0.717) is 0 Å². The van der Waals surface area contributed by atoms with Gasteiger partial charge in [0.25, 0.3) is 0 Å². The summed E-state index contributed by atoms with van der Waals surface area (Å²) in [5.74, 6) is 0. The molecule has 16 heavy (non-hydrogen) atoms. The molecular formula is C13H17BrCl2. The van der Waals surface area contributed by atoms with Crippen molar-refractivity contribution < 1.29 is 0 Å². The van der Waals surface area contributed by atoms with Crippen molar-refractivity contribution in [2.75, 3.05) is 5.33 Å². The Morgan fingerprint density at radius 3 is 2.56 bits per heavy atom. The molecule has 0 saturated carbocycles. The minimum absolute atomic E-state index is 0.253. The molecule has 1 rings (SSSR count). The van der Waals surface area contributed by atoms with Crippen molar-refractivity contribution in [2.45, 2.75) is 33.1 Å². The Kier molecular flexibility index (Phi) is 5.63. The summed E-state index contributed by atoms with van der Waals surface area (Å²) in [5, 5.41) is 2.55. The van der Waals surface area contributed by atoms with Gasteiger partial charge in [0.05, 0.1) is 0 Å². The van der Waals surface area contributed by atoms with Crippen LogP contribution in [0.15, 0.2) is 18.2 Å². The molecule has 0 aliphatic carbocycles. The van der Waals surface area contributed by atoms with Crippen LogP contribution >= 0.6 is 39.1 Å². The first-order valence-electron chi connectivity index (χ1n) is 5.50. The van der Waals surface area contributed by atoms with Crippen molar-refractivity contribution in [3.8, 4) is 0 Å². The quantitative estimate of drug-likeness (QED) is 0.606. The standard InChI is InChI=1S/C13H17BrCl2/c1-3-6-13(2,9-14)8-10-7-11(15)4-5-12(10)16/h4-5,7H,3,6,8-9H2,1-2H3. The topological polar surface area (TPSA) is 0 Å². The summed E-state index contributed by atoms with van der Waals surface area (Å²) in [4.78, 5) is 0. The van der Waals surface area contributed by atoms with Crippen molar-refractivity contribution in [3.05, 3.63) is 33.8 Å². The van der Waals surface area contributed by atoms with E-state index in [1.807, 2.05) is 18.2 Å². The molecule has 0 aromatic heterocycles. The number of hydrogen-bond acceptors (Lipinski definition) is 0. The fourth-order valence-electron chi connectivity index (χ4n) is 1.94. The van der Waals surface area contributed by atoms with Gasteiger partial charge in [-0.25, -0.2) is 0 Å². The Labute approximate surface area is 116 Å². The highest BCUT2D eigenvalue weighted by atomic mass is 79.9. The molecule has 0 spiro atoms. The largest absolute Gasteiger partial charge is 0.0922 e. The molecule has 1 unspecified atom stereocenters. The average molecular weight is 324 g/mol. The van der Waals surface area contributed by atoms with Crippen molar-refractivity contribution >= 4 is 39.1 Å². The normalized spacial score (nSPS) is 14.8. The number of hydrogen-bond donors (Lipinski definition) is 0. The van der Waals surface area contributed by atoms with E-state index in [1.165, 1.54) is 12.8 Å². The molecule has 0 amide bonds. The second-order valence-corrected chi connectivity index (χ2v) is 6.01. The predicted molar refractivity (Wildman–Crippen MR) is 77.0 cm³/mol. The molecule has 0 N–H and O–H groups in total. The Balaban J connectivity index is 2.89. The number of rotatable bonds is 5. The molecule has 3 heteroatoms. The van der Waals surface area contributed by atoms with Gasteiger partial charge in [-0.1, -0.05) is 59.4 Å². The Hall–Kier alpha value is 0.280. The van der Waals surface area contributed by atoms with Crippen LogP contribution in [-0.4, -0.2) is 5.33 Å². The van der Waals surface area contributed by atoms with E-state index in [0.717, 1.165) is 27.4 Å². The molecule has 0 heterocycles. The second-order valence-electron chi connectivity index (χ2n) is 4.61. The van der Waals surface area contributed by atoms with E-state index < -0.39 is 0 Å². The summed E-state index contributed by atoms with van der Waals surface area (Å²) in [6.45, 7) is 4.49. The van der Waals surface area contributed by atoms with Crippen LogP contribution in [0.2, 0.25) is 10.0 Å². The van der Waals surface area contributed by atoms with Gasteiger partial charge in [-0.3, -0.25) is 0 Å². The molecule has 0 aliphatic heterocycles. The summed E-state index contributed by atoms with van der Waals surface area (Å²) in [6.07, 6.45) is 3.33. The first-order chi connectivity index (χ1) is 7.50. The molecule has 0 bridgehead atoms. The maximum Gasteiger partial charge on any atom is 0.0439 e. The molecular weight excluding hydrogens is 307 g/mol. The lowest BCUT2D eigenvalue weighted by molar-refractivity contribution is 0.340. The van der Waals surface area contributed by atoms with E-state index in [4.69, 9.17) is 23.2 Å². The van der Waals surface area contributed by atoms with Crippen LogP contribution in [0, 0.1) is 5.41 Å². The second kappa shape index (κ2) is 6.28. The van der Waals surface area contributed by atoms with E-state index in [-0.39, 0.29) is 5.41 Å². The molecule has 1 aromatic rings. The lowest BCUT2D eigenvalue weighted by Crippen LogP contribution is -2.21. The summed E-state index contributed by atoms with van der Waals surface area (Å²) in [5.41, 5.74) is 1.40. The Morgan fingerprint density at radius 2 is 2.00 bits per heavy atom. The maximum absolute atomic E-state index is 6.19. The van der Waals surface area contributed by atoms with Gasteiger partial charge in [-0.05, 0) is 42.0 Å². The lowest BCUT2D eigenvalue weighted by atomic mass is 9.82. The average Bonchev–Trinajstić information content (AvgIpc) is 2.24. The van der Waals surface area contributed by atoms with Crippen molar-refractivity contribution in [2.24, 2.45) is 5.41 Å². The van der Waals surface area contributed by atoms with Crippen LogP contribution in [0.3, 0.4) is 0 Å². The van der Waals surface area contributed by atoms with Crippen LogP contribution in [0.25, 0.3) is 0 Å². The van der Waals surface area contributed by atoms with Gasteiger partial charge >= 0.3 is 0 Å². The van der Waals surface area contributed by atoms with E-state index >= 15 is 0 Å². The molecule has 90 valence electrons. The number of benzene rings is 1. The lowest BCUT2D eigenvalue weighted by Gasteiger charge is -2.27. The minimum Gasteiger partial charge on any atom is -0.0922 e. The van der Waals surface area contributed by atoms with Crippen LogP contribution in [-0.2, 0) is 6.42 Å². The third-order valence-corrected chi connectivity index (χ3v) is 4.76. The molecule has 1 atom stereocenters. The van der Waals surface area contributed by atoms with Crippen molar-refractivity contribution in [3.63, 3.8) is 0 Å². The molecule has 0 radical (unpaired) electrons. The van der Waals surface area contributed by atoms with E-state index in [9.17, 15) is 0 Å². The minimum atomic E-state index is 0.253. The smallest absolute Gasteiger partial charge is 0.0439 e. The van der Waals surface area contributed by atoms with Crippen LogP contribution < -0.4 is 0 Å². The van der Waals surface area contributed by atoms with Crippen molar-refractivity contribution in [1.29, 1.82) is 0 Å². The summed E-state index contributed by atoms with van der Waals surface area (Å²) < 4.78 is 0. The zero-order valence-electron chi connectivity index (χ0n) is 9.69. The maximum atomic E-state index is 6.19. The highest BCUT2D eigenvalue weighted by Crippen LogP contribution is 2.33. The summed E-state index contributed by atoms with van der Waals surface area (Å²) >= 11 is 15.8. The van der Waals surface area contributed by atoms with Gasteiger partial charge in [0, 0.05) is 15.4 Å². The van der Waals surface area contributed by atoms with Gasteiger partial charge in [0.15, 0.2) is 0 Å². The zero-order valence-corrected chi connectivity index (χ0v) is 12.8. The molecule has 0 saturated heterocycles. The van der Waals surface area contributed by atoms with Gasteiger partial charge in [-0.2, -0.15) is 0 Å². The van der Waals surface area contributed by atoms with Gasteiger partial charge in [-0.15, -0.1) is 0 Å². The molecule has 0 nitrogen and oxygen atoms in total. The summed E-state index contributed by atoms with van der Waals surface area (Å²) in [7, 11) is 0. The summed E-state index contributed by atoms with van der Waals surface area (Å²) in [6, 6.07) is 5.68. The third kappa shape index (κ3) is 3.94. The zero-order chi connectivity index (χ0) is 12.2. The van der Waals surface area contributed by atoms with E-state index in [1.54, 1.807) is 0 Å². The fraction of sp³-hybridized carbons (Fsp3) is 0.538. The SMILES string of the molecule is CCCC(C)(CBr)Cc1cc(Cl)ccc1Cl.